The molecule has 0 unspecified atom stereocenters. The molecule has 2 rings (SSSR count). The second kappa shape index (κ2) is 7.68. The maximum absolute atomic E-state index is 11.5. The van der Waals surface area contributed by atoms with E-state index in [9.17, 15) is 14.9 Å². The van der Waals surface area contributed by atoms with Crippen LogP contribution in [0.4, 0.5) is 5.69 Å². The number of carbonyl (C=O) groups is 1. The molecule has 0 aromatic heterocycles. The molecule has 1 amide bonds. The van der Waals surface area contributed by atoms with Crippen LogP contribution in [0.25, 0.3) is 0 Å². The standard InChI is InChI=1S/C12H11N3O4S3/c16-3-4-21-10-2-1-8(5-9(10)15(18)19)6-13-14-11(17)7-22-12(14)20/h1-2,5-6,16H,3-4,7H2/b13-6-. The van der Waals surface area contributed by atoms with Gasteiger partial charge in [-0.15, -0.1) is 11.8 Å². The van der Waals surface area contributed by atoms with Crippen LogP contribution in [-0.4, -0.2) is 49.6 Å². The minimum absolute atomic E-state index is 0.0583. The number of thioether (sulfide) groups is 2. The average molecular weight is 357 g/mol. The highest BCUT2D eigenvalue weighted by molar-refractivity contribution is 8.23. The number of rotatable bonds is 6. The maximum atomic E-state index is 11.5. The van der Waals surface area contributed by atoms with Crippen LogP contribution in [0, 0.1) is 10.1 Å². The van der Waals surface area contributed by atoms with E-state index in [-0.39, 0.29) is 24.0 Å². The van der Waals surface area contributed by atoms with E-state index < -0.39 is 4.92 Å². The summed E-state index contributed by atoms with van der Waals surface area (Å²) in [5.74, 6) is 0.422. The quantitative estimate of drug-likeness (QED) is 0.273. The van der Waals surface area contributed by atoms with E-state index in [1.807, 2.05) is 0 Å². The van der Waals surface area contributed by atoms with Crippen molar-refractivity contribution >= 4 is 57.9 Å². The number of nitro groups is 1. The van der Waals surface area contributed by atoms with Gasteiger partial charge < -0.3 is 5.11 Å². The molecule has 0 aliphatic carbocycles. The van der Waals surface area contributed by atoms with Crippen LogP contribution in [0.5, 0.6) is 0 Å². The highest BCUT2D eigenvalue weighted by Gasteiger charge is 2.26. The SMILES string of the molecule is O=C1CSC(=S)N1/N=C\c1ccc(SCCO)c([N+](=O)[O-])c1. The Kier molecular flexibility index (Phi) is 5.89. The van der Waals surface area contributed by atoms with Gasteiger partial charge in [0, 0.05) is 17.4 Å². The minimum Gasteiger partial charge on any atom is -0.396 e. The Morgan fingerprint density at radius 2 is 2.36 bits per heavy atom. The summed E-state index contributed by atoms with van der Waals surface area (Å²) < 4.78 is 0.367. The lowest BCUT2D eigenvalue weighted by molar-refractivity contribution is -0.387. The first-order chi connectivity index (χ1) is 10.5. The van der Waals surface area contributed by atoms with Crippen LogP contribution in [-0.2, 0) is 4.79 Å². The largest absolute Gasteiger partial charge is 0.396 e. The molecule has 1 aromatic carbocycles. The molecule has 1 heterocycles. The number of nitro benzene ring substituents is 1. The van der Waals surface area contributed by atoms with Crippen molar-refractivity contribution in [2.24, 2.45) is 5.10 Å². The number of aliphatic hydroxyl groups is 1. The molecule has 22 heavy (non-hydrogen) atoms. The minimum atomic E-state index is -0.488. The number of carbonyl (C=O) groups excluding carboxylic acids is 1. The van der Waals surface area contributed by atoms with Crippen molar-refractivity contribution < 1.29 is 14.8 Å². The molecular weight excluding hydrogens is 346 g/mol. The first-order valence-corrected chi connectivity index (χ1v) is 8.46. The Bertz CT molecular complexity index is 635. The molecule has 0 saturated carbocycles. The third kappa shape index (κ3) is 4.03. The van der Waals surface area contributed by atoms with Gasteiger partial charge in [-0.05, 0) is 6.07 Å². The van der Waals surface area contributed by atoms with Crippen molar-refractivity contribution in [3.05, 3.63) is 33.9 Å². The summed E-state index contributed by atoms with van der Waals surface area (Å²) in [5.41, 5.74) is 0.430. The summed E-state index contributed by atoms with van der Waals surface area (Å²) in [6.07, 6.45) is 1.36. The fourth-order valence-electron chi connectivity index (χ4n) is 1.62. The third-order valence-corrected chi connectivity index (χ3v) is 4.96. The Hall–Kier alpha value is -1.49. The van der Waals surface area contributed by atoms with Crippen LogP contribution in [0.15, 0.2) is 28.2 Å². The van der Waals surface area contributed by atoms with Gasteiger partial charge >= 0.3 is 0 Å². The molecular formula is C12H11N3O4S3. The lowest BCUT2D eigenvalue weighted by Crippen LogP contribution is -2.22. The lowest BCUT2D eigenvalue weighted by Gasteiger charge is -2.07. The third-order valence-electron chi connectivity index (χ3n) is 2.58. The van der Waals surface area contributed by atoms with Gasteiger partial charge in [-0.3, -0.25) is 14.9 Å². The molecule has 116 valence electrons. The number of benzene rings is 1. The van der Waals surface area contributed by atoms with Gasteiger partial charge in [0.1, 0.15) is 0 Å². The Morgan fingerprint density at radius 1 is 1.59 bits per heavy atom. The number of nitrogens with zero attached hydrogens (tertiary/aromatic N) is 3. The second-order valence-electron chi connectivity index (χ2n) is 4.06. The zero-order valence-electron chi connectivity index (χ0n) is 11.2. The van der Waals surface area contributed by atoms with Crippen molar-refractivity contribution in [2.45, 2.75) is 4.90 Å². The van der Waals surface area contributed by atoms with Gasteiger partial charge in [-0.25, -0.2) is 0 Å². The van der Waals surface area contributed by atoms with E-state index in [1.54, 1.807) is 12.1 Å². The molecule has 0 atom stereocenters. The highest BCUT2D eigenvalue weighted by atomic mass is 32.2. The van der Waals surface area contributed by atoms with E-state index in [0.717, 1.165) is 5.01 Å². The van der Waals surface area contributed by atoms with Crippen molar-refractivity contribution in [1.82, 2.24) is 5.01 Å². The van der Waals surface area contributed by atoms with Crippen LogP contribution < -0.4 is 0 Å². The summed E-state index contributed by atoms with van der Waals surface area (Å²) in [6, 6.07) is 4.63. The molecule has 0 bridgehead atoms. The number of thiocarbonyl (C=S) groups is 1. The van der Waals surface area contributed by atoms with Crippen LogP contribution >= 0.6 is 35.7 Å². The summed E-state index contributed by atoms with van der Waals surface area (Å²) in [4.78, 5) is 22.6. The number of hydrogen-bond acceptors (Lipinski definition) is 8. The number of aliphatic hydroxyl groups excluding tert-OH is 1. The topological polar surface area (TPSA) is 96.0 Å². The van der Waals surface area contributed by atoms with Gasteiger partial charge in [0.15, 0.2) is 4.32 Å². The van der Waals surface area contributed by atoms with E-state index in [4.69, 9.17) is 17.3 Å². The number of hydrazone groups is 1. The number of hydrogen-bond donors (Lipinski definition) is 1. The van der Waals surface area contributed by atoms with E-state index >= 15 is 0 Å². The highest BCUT2D eigenvalue weighted by Crippen LogP contribution is 2.29. The van der Waals surface area contributed by atoms with Gasteiger partial charge in [-0.1, -0.05) is 30.0 Å². The van der Waals surface area contributed by atoms with Crippen molar-refractivity contribution in [1.29, 1.82) is 0 Å². The van der Waals surface area contributed by atoms with E-state index in [0.29, 0.717) is 20.5 Å². The average Bonchev–Trinajstić information content (AvgIpc) is 2.82. The normalized spacial score (nSPS) is 15.0. The van der Waals surface area contributed by atoms with Crippen LogP contribution in [0.1, 0.15) is 5.56 Å². The lowest BCUT2D eigenvalue weighted by atomic mass is 10.2. The molecule has 7 nitrogen and oxygen atoms in total. The molecule has 1 aliphatic rings. The van der Waals surface area contributed by atoms with Gasteiger partial charge in [0.2, 0.25) is 0 Å². The van der Waals surface area contributed by atoms with E-state index in [1.165, 1.54) is 35.8 Å². The van der Waals surface area contributed by atoms with Crippen molar-refractivity contribution in [3.8, 4) is 0 Å². The Morgan fingerprint density at radius 3 is 2.95 bits per heavy atom. The van der Waals surface area contributed by atoms with Crippen molar-refractivity contribution in [3.63, 3.8) is 0 Å². The molecule has 0 spiro atoms. The van der Waals surface area contributed by atoms with Crippen LogP contribution in [0.3, 0.4) is 0 Å². The molecule has 1 fully saturated rings. The predicted molar refractivity (Wildman–Crippen MR) is 90.4 cm³/mol. The maximum Gasteiger partial charge on any atom is 0.283 e. The first-order valence-electron chi connectivity index (χ1n) is 6.08. The molecule has 1 saturated heterocycles. The summed E-state index contributed by atoms with van der Waals surface area (Å²) >= 11 is 7.42. The van der Waals surface area contributed by atoms with Gasteiger partial charge in [0.05, 0.1) is 28.4 Å². The fraction of sp³-hybridized carbons (Fsp3) is 0.250. The van der Waals surface area contributed by atoms with Gasteiger partial charge in [-0.2, -0.15) is 10.1 Å². The molecule has 1 N–H and O–H groups in total. The summed E-state index contributed by atoms with van der Waals surface area (Å²) in [5, 5.41) is 25.0. The first kappa shape index (κ1) is 16.9. The van der Waals surface area contributed by atoms with Crippen LogP contribution in [0.2, 0.25) is 0 Å². The monoisotopic (exact) mass is 357 g/mol. The van der Waals surface area contributed by atoms with Crippen molar-refractivity contribution in [2.75, 3.05) is 18.1 Å². The summed E-state index contributed by atoms with van der Waals surface area (Å²) in [7, 11) is 0. The second-order valence-corrected chi connectivity index (χ2v) is 6.81. The predicted octanol–water partition coefficient (Wildman–Crippen LogP) is 1.87. The Labute approximate surface area is 139 Å². The zero-order valence-corrected chi connectivity index (χ0v) is 13.6. The summed E-state index contributed by atoms with van der Waals surface area (Å²) in [6.45, 7) is -0.0583. The zero-order chi connectivity index (χ0) is 16.1. The Balaban J connectivity index is 2.21. The van der Waals surface area contributed by atoms with Gasteiger partial charge in [0.25, 0.3) is 11.6 Å². The smallest absolute Gasteiger partial charge is 0.283 e. The molecule has 0 radical (unpaired) electrons. The number of amides is 1. The fourth-order valence-corrected chi connectivity index (χ4v) is 3.34. The molecule has 1 aliphatic heterocycles. The molecule has 1 aromatic rings. The van der Waals surface area contributed by atoms with E-state index in [2.05, 4.69) is 5.10 Å². The molecule has 10 heteroatoms.